The van der Waals surface area contributed by atoms with E-state index in [1.165, 1.54) is 0 Å². The Labute approximate surface area is 108 Å². The van der Waals surface area contributed by atoms with Crippen molar-refractivity contribution in [3.05, 3.63) is 0 Å². The highest BCUT2D eigenvalue weighted by atomic mass is 16.2. The second-order valence-electron chi connectivity index (χ2n) is 5.70. The fraction of sp³-hybridized carbons (Fsp3) is 0.846. The first-order valence-electron chi connectivity index (χ1n) is 6.78. The van der Waals surface area contributed by atoms with Gasteiger partial charge in [0, 0.05) is 32.6 Å². The third-order valence-corrected chi connectivity index (χ3v) is 4.18. The van der Waals surface area contributed by atoms with Gasteiger partial charge in [0.15, 0.2) is 0 Å². The number of likely N-dealkylation sites (tertiary alicyclic amines) is 1. The molecule has 0 aliphatic carbocycles. The van der Waals surface area contributed by atoms with Crippen LogP contribution in [0.4, 0.5) is 0 Å². The first-order chi connectivity index (χ1) is 8.55. The normalized spacial score (nSPS) is 31.7. The smallest absolute Gasteiger partial charge is 0.227 e. The van der Waals surface area contributed by atoms with Crippen molar-refractivity contribution in [3.63, 3.8) is 0 Å². The summed E-state index contributed by atoms with van der Waals surface area (Å²) >= 11 is 0. The monoisotopic (exact) mass is 253 g/mol. The number of amides is 2. The number of hydrogen-bond donors (Lipinski definition) is 2. The highest BCUT2D eigenvalue weighted by Gasteiger charge is 2.41. The molecule has 0 saturated carbocycles. The molecular formula is C13H23N3O2. The topological polar surface area (TPSA) is 61.4 Å². The predicted octanol–water partition coefficient (Wildman–Crippen LogP) is 0.113. The van der Waals surface area contributed by atoms with Gasteiger partial charge >= 0.3 is 0 Å². The highest BCUT2D eigenvalue weighted by Crippen LogP contribution is 2.30. The number of nitrogens with one attached hydrogen (secondary N) is 2. The van der Waals surface area contributed by atoms with Crippen molar-refractivity contribution in [2.45, 2.75) is 38.6 Å². The quantitative estimate of drug-likeness (QED) is 0.750. The average molecular weight is 253 g/mol. The third-order valence-electron chi connectivity index (χ3n) is 4.18. The fourth-order valence-corrected chi connectivity index (χ4v) is 2.93. The molecule has 0 aromatic carbocycles. The van der Waals surface area contributed by atoms with Gasteiger partial charge < -0.3 is 15.5 Å². The van der Waals surface area contributed by atoms with E-state index in [4.69, 9.17) is 0 Å². The summed E-state index contributed by atoms with van der Waals surface area (Å²) in [7, 11) is 1.65. The molecular weight excluding hydrogens is 230 g/mol. The average Bonchev–Trinajstić information content (AvgIpc) is 2.98. The Kier molecular flexibility index (Phi) is 3.90. The molecule has 102 valence electrons. The summed E-state index contributed by atoms with van der Waals surface area (Å²) in [6.07, 6.45) is 3.58. The maximum Gasteiger partial charge on any atom is 0.227 e. The zero-order chi connectivity index (χ0) is 13.2. The molecule has 2 fully saturated rings. The van der Waals surface area contributed by atoms with E-state index in [0.717, 1.165) is 25.8 Å². The Morgan fingerprint density at radius 3 is 2.89 bits per heavy atom. The third kappa shape index (κ3) is 2.66. The molecule has 2 aliphatic rings. The molecule has 0 aromatic heterocycles. The molecule has 18 heavy (non-hydrogen) atoms. The van der Waals surface area contributed by atoms with Crippen molar-refractivity contribution >= 4 is 11.8 Å². The molecule has 2 heterocycles. The summed E-state index contributed by atoms with van der Waals surface area (Å²) in [5, 5.41) is 6.03. The summed E-state index contributed by atoms with van der Waals surface area (Å²) in [4.78, 5) is 25.8. The predicted molar refractivity (Wildman–Crippen MR) is 69.0 cm³/mol. The molecule has 2 amide bonds. The summed E-state index contributed by atoms with van der Waals surface area (Å²) in [6.45, 7) is 4.22. The Morgan fingerprint density at radius 1 is 1.50 bits per heavy atom. The lowest BCUT2D eigenvalue weighted by Crippen LogP contribution is -2.41. The molecule has 2 N–H and O–H groups in total. The van der Waals surface area contributed by atoms with Gasteiger partial charge in [0.1, 0.15) is 0 Å². The van der Waals surface area contributed by atoms with Crippen LogP contribution in [0.25, 0.3) is 0 Å². The van der Waals surface area contributed by atoms with Gasteiger partial charge in [-0.3, -0.25) is 9.59 Å². The van der Waals surface area contributed by atoms with Gasteiger partial charge in [0.05, 0.1) is 5.41 Å². The largest absolute Gasteiger partial charge is 0.359 e. The molecule has 5 heteroatoms. The van der Waals surface area contributed by atoms with Crippen molar-refractivity contribution in [1.29, 1.82) is 0 Å². The van der Waals surface area contributed by atoms with Gasteiger partial charge in [-0.1, -0.05) is 0 Å². The minimum absolute atomic E-state index is 0.0387. The van der Waals surface area contributed by atoms with E-state index in [1.54, 1.807) is 7.05 Å². The first-order valence-corrected chi connectivity index (χ1v) is 6.78. The Morgan fingerprint density at radius 2 is 2.28 bits per heavy atom. The summed E-state index contributed by atoms with van der Waals surface area (Å²) in [6, 6.07) is 0.337. The SMILES string of the molecule is CNC(=O)C1(C)CCN(C(=O)CC2CCCN2)C1. The highest BCUT2D eigenvalue weighted by molar-refractivity contribution is 5.85. The van der Waals surface area contributed by atoms with Gasteiger partial charge in [-0.2, -0.15) is 0 Å². The van der Waals surface area contributed by atoms with Crippen molar-refractivity contribution in [2.75, 3.05) is 26.7 Å². The van der Waals surface area contributed by atoms with E-state index in [9.17, 15) is 9.59 Å². The van der Waals surface area contributed by atoms with Crippen LogP contribution >= 0.6 is 0 Å². The van der Waals surface area contributed by atoms with E-state index in [1.807, 2.05) is 11.8 Å². The van der Waals surface area contributed by atoms with E-state index in [0.29, 0.717) is 25.6 Å². The Balaban J connectivity index is 1.87. The van der Waals surface area contributed by atoms with E-state index >= 15 is 0 Å². The summed E-state index contributed by atoms with van der Waals surface area (Å²) in [5.41, 5.74) is -0.409. The second-order valence-corrected chi connectivity index (χ2v) is 5.70. The van der Waals surface area contributed by atoms with Gasteiger partial charge in [-0.25, -0.2) is 0 Å². The molecule has 0 aromatic rings. The van der Waals surface area contributed by atoms with Crippen LogP contribution in [0.2, 0.25) is 0 Å². The van der Waals surface area contributed by atoms with Crippen LogP contribution in [0.3, 0.4) is 0 Å². The lowest BCUT2D eigenvalue weighted by molar-refractivity contribution is -0.132. The molecule has 0 bridgehead atoms. The minimum atomic E-state index is -0.409. The van der Waals surface area contributed by atoms with E-state index in [2.05, 4.69) is 10.6 Å². The number of carbonyl (C=O) groups is 2. The van der Waals surface area contributed by atoms with Crippen LogP contribution in [-0.2, 0) is 9.59 Å². The van der Waals surface area contributed by atoms with E-state index in [-0.39, 0.29) is 11.8 Å². The maximum atomic E-state index is 12.2. The number of rotatable bonds is 3. The van der Waals surface area contributed by atoms with Gasteiger partial charge in [-0.15, -0.1) is 0 Å². The molecule has 2 aliphatic heterocycles. The Hall–Kier alpha value is -1.10. The molecule has 0 radical (unpaired) electrons. The van der Waals surface area contributed by atoms with Crippen LogP contribution in [0.15, 0.2) is 0 Å². The maximum absolute atomic E-state index is 12.2. The zero-order valence-corrected chi connectivity index (χ0v) is 11.3. The fourth-order valence-electron chi connectivity index (χ4n) is 2.93. The molecule has 5 nitrogen and oxygen atoms in total. The van der Waals surface area contributed by atoms with Crippen LogP contribution < -0.4 is 10.6 Å². The molecule has 2 unspecified atom stereocenters. The minimum Gasteiger partial charge on any atom is -0.359 e. The summed E-state index contributed by atoms with van der Waals surface area (Å²) < 4.78 is 0. The van der Waals surface area contributed by atoms with Gasteiger partial charge in [0.25, 0.3) is 0 Å². The first kappa shape index (κ1) is 13.3. The standard InChI is InChI=1S/C13H23N3O2/c1-13(12(18)14-2)5-7-16(9-13)11(17)8-10-4-3-6-15-10/h10,15H,3-9H2,1-2H3,(H,14,18). The molecule has 2 rings (SSSR count). The van der Waals surface area contributed by atoms with Crippen molar-refractivity contribution < 1.29 is 9.59 Å². The van der Waals surface area contributed by atoms with Crippen molar-refractivity contribution in [3.8, 4) is 0 Å². The lowest BCUT2D eigenvalue weighted by Gasteiger charge is -2.23. The van der Waals surface area contributed by atoms with Crippen molar-refractivity contribution in [1.82, 2.24) is 15.5 Å². The number of nitrogens with zero attached hydrogens (tertiary/aromatic N) is 1. The summed E-state index contributed by atoms with van der Waals surface area (Å²) in [5.74, 6) is 0.221. The second kappa shape index (κ2) is 5.26. The van der Waals surface area contributed by atoms with Crippen LogP contribution in [0.5, 0.6) is 0 Å². The molecule has 2 atom stereocenters. The molecule has 2 saturated heterocycles. The van der Waals surface area contributed by atoms with Crippen LogP contribution in [0, 0.1) is 5.41 Å². The molecule has 0 spiro atoms. The van der Waals surface area contributed by atoms with E-state index < -0.39 is 5.41 Å². The number of hydrogen-bond acceptors (Lipinski definition) is 3. The van der Waals surface area contributed by atoms with Crippen LogP contribution in [0.1, 0.15) is 32.6 Å². The van der Waals surface area contributed by atoms with Gasteiger partial charge in [-0.05, 0) is 32.7 Å². The Bertz CT molecular complexity index is 339. The lowest BCUT2D eigenvalue weighted by atomic mass is 9.89. The van der Waals surface area contributed by atoms with Gasteiger partial charge in [0.2, 0.25) is 11.8 Å². The number of carbonyl (C=O) groups excluding carboxylic acids is 2. The van der Waals surface area contributed by atoms with Crippen LogP contribution in [-0.4, -0.2) is 49.4 Å². The van der Waals surface area contributed by atoms with Crippen molar-refractivity contribution in [2.24, 2.45) is 5.41 Å². The zero-order valence-electron chi connectivity index (χ0n) is 11.3.